The van der Waals surface area contributed by atoms with E-state index >= 15 is 0 Å². The molecule has 7 heteroatoms. The summed E-state index contributed by atoms with van der Waals surface area (Å²) >= 11 is 0. The highest BCUT2D eigenvalue weighted by Crippen LogP contribution is 2.25. The number of nitrogens with zero attached hydrogens (tertiary/aromatic N) is 2. The fraction of sp³-hybridized carbons (Fsp3) is 0.0455. The van der Waals surface area contributed by atoms with Crippen molar-refractivity contribution in [2.45, 2.75) is 9.79 Å². The van der Waals surface area contributed by atoms with Crippen LogP contribution in [0.2, 0.25) is 0 Å². The van der Waals surface area contributed by atoms with Crippen LogP contribution in [0, 0.1) is 0 Å². The first-order valence-electron chi connectivity index (χ1n) is 8.97. The number of rotatable bonds is 5. The summed E-state index contributed by atoms with van der Waals surface area (Å²) in [7, 11) is 0.0569. The van der Waals surface area contributed by atoms with E-state index in [1.165, 1.54) is 0 Å². The van der Waals surface area contributed by atoms with Crippen LogP contribution in [0.4, 0.5) is 0 Å². The van der Waals surface area contributed by atoms with E-state index in [4.69, 9.17) is 0 Å². The number of amides is 1. The van der Waals surface area contributed by atoms with E-state index in [-0.39, 0.29) is 5.91 Å². The van der Waals surface area contributed by atoms with Gasteiger partial charge in [0, 0.05) is 23.5 Å². The van der Waals surface area contributed by atoms with Crippen molar-refractivity contribution in [2.75, 3.05) is 7.05 Å². The topological polar surface area (TPSA) is 87.7 Å². The normalized spacial score (nSPS) is 12.3. The van der Waals surface area contributed by atoms with Gasteiger partial charge < -0.3 is 5.32 Å². The summed E-state index contributed by atoms with van der Waals surface area (Å²) in [6.07, 6.45) is 5.51. The quantitative estimate of drug-likeness (QED) is 0.533. The molecule has 0 saturated heterocycles. The zero-order valence-electron chi connectivity index (χ0n) is 15.6. The highest BCUT2D eigenvalue weighted by molar-refractivity contribution is 7.85. The van der Waals surface area contributed by atoms with Crippen LogP contribution >= 0.6 is 0 Å². The molecule has 0 aliphatic carbocycles. The van der Waals surface area contributed by atoms with Gasteiger partial charge in [-0.1, -0.05) is 18.2 Å². The Balaban J connectivity index is 1.67. The van der Waals surface area contributed by atoms with E-state index in [2.05, 4.69) is 20.5 Å². The number of benzene rings is 2. The van der Waals surface area contributed by atoms with Gasteiger partial charge in [-0.05, 0) is 54.6 Å². The van der Waals surface area contributed by atoms with Crippen molar-refractivity contribution in [2.24, 2.45) is 0 Å². The SMILES string of the molecule is CNC(=O)c1ccccc1S(=O)c1ccc2c(/C=C/c3ccccn3)n[nH]c2c1. The highest BCUT2D eigenvalue weighted by atomic mass is 32.2. The fourth-order valence-corrected chi connectivity index (χ4v) is 4.21. The summed E-state index contributed by atoms with van der Waals surface area (Å²) in [5, 5.41) is 10.8. The number of hydrogen-bond donors (Lipinski definition) is 2. The second kappa shape index (κ2) is 8.20. The van der Waals surface area contributed by atoms with Gasteiger partial charge in [0.2, 0.25) is 0 Å². The molecule has 2 aromatic heterocycles. The van der Waals surface area contributed by atoms with Crippen LogP contribution in [0.25, 0.3) is 23.1 Å². The van der Waals surface area contributed by atoms with Crippen LogP contribution in [0.1, 0.15) is 21.7 Å². The lowest BCUT2D eigenvalue weighted by atomic mass is 10.2. The first-order chi connectivity index (χ1) is 14.2. The molecule has 1 amide bonds. The highest BCUT2D eigenvalue weighted by Gasteiger charge is 2.17. The third-order valence-corrected chi connectivity index (χ3v) is 5.87. The number of nitrogens with one attached hydrogen (secondary N) is 2. The lowest BCUT2D eigenvalue weighted by Crippen LogP contribution is -2.19. The number of aromatic amines is 1. The summed E-state index contributed by atoms with van der Waals surface area (Å²) in [5.41, 5.74) is 2.78. The standard InChI is InChI=1S/C22H18N4O2S/c1-23-22(27)18-7-2-3-8-21(18)29(28)16-10-11-17-19(25-26-20(17)14-16)12-9-15-6-4-5-13-24-15/h2-14H,1H3,(H,23,27)(H,25,26)/b12-9+. The maximum absolute atomic E-state index is 13.1. The minimum Gasteiger partial charge on any atom is -0.355 e. The first-order valence-corrected chi connectivity index (χ1v) is 10.1. The number of fused-ring (bicyclic) bond motifs is 1. The molecule has 144 valence electrons. The number of carbonyl (C=O) groups excluding carboxylic acids is 1. The smallest absolute Gasteiger partial charge is 0.252 e. The number of H-pyrrole nitrogens is 1. The fourth-order valence-electron chi connectivity index (χ4n) is 2.98. The third-order valence-electron chi connectivity index (χ3n) is 4.44. The molecule has 1 unspecified atom stereocenters. The largest absolute Gasteiger partial charge is 0.355 e. The van der Waals surface area contributed by atoms with Crippen molar-refractivity contribution >= 4 is 39.8 Å². The maximum Gasteiger partial charge on any atom is 0.252 e. The van der Waals surface area contributed by atoms with Gasteiger partial charge in [0.05, 0.1) is 38.2 Å². The molecular weight excluding hydrogens is 384 g/mol. The van der Waals surface area contributed by atoms with Crippen LogP contribution in [0.5, 0.6) is 0 Å². The molecule has 4 aromatic rings. The molecular formula is C22H18N4O2S. The number of carbonyl (C=O) groups is 1. The minimum atomic E-state index is -1.50. The summed E-state index contributed by atoms with van der Waals surface area (Å²) < 4.78 is 13.1. The Morgan fingerprint density at radius 2 is 1.90 bits per heavy atom. The average Bonchev–Trinajstić information content (AvgIpc) is 3.19. The van der Waals surface area contributed by atoms with E-state index in [0.717, 1.165) is 22.3 Å². The summed E-state index contributed by atoms with van der Waals surface area (Å²) in [4.78, 5) is 17.4. The zero-order chi connectivity index (χ0) is 20.2. The van der Waals surface area contributed by atoms with E-state index in [1.807, 2.05) is 36.4 Å². The molecule has 2 heterocycles. The number of hydrogen-bond acceptors (Lipinski definition) is 4. The van der Waals surface area contributed by atoms with E-state index < -0.39 is 10.8 Å². The van der Waals surface area contributed by atoms with Gasteiger partial charge in [0.25, 0.3) is 5.91 Å². The van der Waals surface area contributed by atoms with Crippen molar-refractivity contribution < 1.29 is 9.00 Å². The Kier molecular flexibility index (Phi) is 5.31. The zero-order valence-corrected chi connectivity index (χ0v) is 16.4. The average molecular weight is 402 g/mol. The van der Waals surface area contributed by atoms with Gasteiger partial charge in [-0.2, -0.15) is 5.10 Å². The summed E-state index contributed by atoms with van der Waals surface area (Å²) in [6, 6.07) is 18.1. The predicted octanol–water partition coefficient (Wildman–Crippen LogP) is 3.65. The van der Waals surface area contributed by atoms with Crippen molar-refractivity contribution in [1.29, 1.82) is 0 Å². The molecule has 6 nitrogen and oxygen atoms in total. The Hall–Kier alpha value is -3.58. The van der Waals surface area contributed by atoms with Gasteiger partial charge in [0.15, 0.2) is 0 Å². The van der Waals surface area contributed by atoms with Crippen LogP contribution in [-0.2, 0) is 10.8 Å². The summed E-state index contributed by atoms with van der Waals surface area (Å²) in [5.74, 6) is -0.265. The van der Waals surface area contributed by atoms with Crippen molar-refractivity contribution in [3.05, 3.63) is 83.8 Å². The van der Waals surface area contributed by atoms with Crippen LogP contribution in [0.15, 0.2) is 76.7 Å². The second-order valence-corrected chi connectivity index (χ2v) is 7.70. The molecule has 0 radical (unpaired) electrons. The molecule has 0 bridgehead atoms. The van der Waals surface area contributed by atoms with Crippen molar-refractivity contribution in [1.82, 2.24) is 20.5 Å². The third kappa shape index (κ3) is 3.86. The molecule has 2 N–H and O–H groups in total. The van der Waals surface area contributed by atoms with Crippen LogP contribution in [-0.4, -0.2) is 32.3 Å². The van der Waals surface area contributed by atoms with Crippen molar-refractivity contribution in [3.63, 3.8) is 0 Å². The molecule has 0 aliphatic heterocycles. The molecule has 1 atom stereocenters. The molecule has 0 spiro atoms. The van der Waals surface area contributed by atoms with Gasteiger partial charge >= 0.3 is 0 Å². The lowest BCUT2D eigenvalue weighted by Gasteiger charge is -2.08. The van der Waals surface area contributed by atoms with Crippen LogP contribution < -0.4 is 5.32 Å². The Morgan fingerprint density at radius 3 is 2.69 bits per heavy atom. The Morgan fingerprint density at radius 1 is 1.07 bits per heavy atom. The lowest BCUT2D eigenvalue weighted by molar-refractivity contribution is 0.0960. The first kappa shape index (κ1) is 18.8. The minimum absolute atomic E-state index is 0.265. The van der Waals surface area contributed by atoms with Gasteiger partial charge in [-0.3, -0.25) is 14.9 Å². The monoisotopic (exact) mass is 402 g/mol. The van der Waals surface area contributed by atoms with Gasteiger partial charge in [-0.25, -0.2) is 4.21 Å². The number of aromatic nitrogens is 3. The Bertz CT molecular complexity index is 1230. The Labute approximate surface area is 170 Å². The molecule has 2 aromatic carbocycles. The molecule has 29 heavy (non-hydrogen) atoms. The van der Waals surface area contributed by atoms with Gasteiger partial charge in [-0.15, -0.1) is 0 Å². The number of pyridine rings is 1. The summed E-state index contributed by atoms with van der Waals surface area (Å²) in [6.45, 7) is 0. The van der Waals surface area contributed by atoms with Crippen LogP contribution in [0.3, 0.4) is 0 Å². The van der Waals surface area contributed by atoms with E-state index in [1.54, 1.807) is 49.6 Å². The molecule has 0 fully saturated rings. The van der Waals surface area contributed by atoms with E-state index in [9.17, 15) is 9.00 Å². The van der Waals surface area contributed by atoms with E-state index in [0.29, 0.717) is 15.4 Å². The predicted molar refractivity (Wildman–Crippen MR) is 114 cm³/mol. The molecule has 0 saturated carbocycles. The maximum atomic E-state index is 13.1. The second-order valence-electron chi connectivity index (χ2n) is 6.25. The molecule has 4 rings (SSSR count). The molecule has 0 aliphatic rings. The van der Waals surface area contributed by atoms with Crippen molar-refractivity contribution in [3.8, 4) is 0 Å². The van der Waals surface area contributed by atoms with Gasteiger partial charge in [0.1, 0.15) is 0 Å².